The van der Waals surface area contributed by atoms with Gasteiger partial charge in [-0.05, 0) is 56.2 Å². The molecule has 0 saturated carbocycles. The quantitative estimate of drug-likeness (QED) is 0.744. The summed E-state index contributed by atoms with van der Waals surface area (Å²) < 4.78 is 14.2. The van der Waals surface area contributed by atoms with Gasteiger partial charge in [-0.1, -0.05) is 19.9 Å². The van der Waals surface area contributed by atoms with Crippen LogP contribution < -0.4 is 5.32 Å². The summed E-state index contributed by atoms with van der Waals surface area (Å²) in [5.41, 5.74) is 0. The molecule has 0 bridgehead atoms. The first kappa shape index (κ1) is 15.4. The molecule has 0 amide bonds. The fourth-order valence-corrected chi connectivity index (χ4v) is 3.39. The Hall–Kier alpha value is -0.970. The maximum absolute atomic E-state index is 13.1. The first-order valence-corrected chi connectivity index (χ1v) is 8.15. The zero-order chi connectivity index (χ0) is 14.4. The van der Waals surface area contributed by atoms with Crippen LogP contribution in [0, 0.1) is 5.82 Å². The van der Waals surface area contributed by atoms with Crippen LogP contribution >= 0.6 is 11.3 Å². The standard InChI is InChI=1S/C16H23FN2S/c1-3-19(4-2)9-5-8-18-12-15-10-13-6-7-14(17)11-16(13)20-15/h6-7,10-11,18H,3-5,8-9,12H2,1-2H3. The van der Waals surface area contributed by atoms with Crippen LogP contribution in [0.25, 0.3) is 10.1 Å². The number of rotatable bonds is 8. The van der Waals surface area contributed by atoms with Crippen molar-refractivity contribution >= 4 is 21.4 Å². The van der Waals surface area contributed by atoms with Gasteiger partial charge in [0.15, 0.2) is 0 Å². The number of hydrogen-bond donors (Lipinski definition) is 1. The Balaban J connectivity index is 1.75. The summed E-state index contributed by atoms with van der Waals surface area (Å²) >= 11 is 1.67. The van der Waals surface area contributed by atoms with E-state index in [1.807, 2.05) is 6.07 Å². The smallest absolute Gasteiger partial charge is 0.124 e. The van der Waals surface area contributed by atoms with Gasteiger partial charge in [-0.2, -0.15) is 0 Å². The highest BCUT2D eigenvalue weighted by Gasteiger charge is 2.03. The molecule has 1 N–H and O–H groups in total. The van der Waals surface area contributed by atoms with Crippen LogP contribution in [0.5, 0.6) is 0 Å². The van der Waals surface area contributed by atoms with Gasteiger partial charge in [0.05, 0.1) is 0 Å². The summed E-state index contributed by atoms with van der Waals surface area (Å²) in [6.07, 6.45) is 1.17. The molecule has 1 aromatic heterocycles. The number of fused-ring (bicyclic) bond motifs is 1. The van der Waals surface area contributed by atoms with E-state index in [1.54, 1.807) is 17.4 Å². The molecule has 0 aliphatic rings. The molecule has 0 fully saturated rings. The van der Waals surface area contributed by atoms with Crippen molar-refractivity contribution in [2.75, 3.05) is 26.2 Å². The number of thiophene rings is 1. The van der Waals surface area contributed by atoms with E-state index in [2.05, 4.69) is 30.1 Å². The molecule has 0 aliphatic carbocycles. The minimum Gasteiger partial charge on any atom is -0.312 e. The van der Waals surface area contributed by atoms with E-state index in [4.69, 9.17) is 0 Å². The predicted molar refractivity (Wildman–Crippen MR) is 85.9 cm³/mol. The lowest BCUT2D eigenvalue weighted by Gasteiger charge is -2.17. The number of hydrogen-bond acceptors (Lipinski definition) is 3. The van der Waals surface area contributed by atoms with Gasteiger partial charge in [0.1, 0.15) is 5.82 Å². The summed E-state index contributed by atoms with van der Waals surface area (Å²) in [7, 11) is 0. The normalized spacial score (nSPS) is 11.6. The number of halogens is 1. The van der Waals surface area contributed by atoms with Crippen molar-refractivity contribution < 1.29 is 4.39 Å². The van der Waals surface area contributed by atoms with Gasteiger partial charge in [0, 0.05) is 16.1 Å². The Kier molecular flexibility index (Phi) is 5.95. The van der Waals surface area contributed by atoms with Crippen molar-refractivity contribution in [3.8, 4) is 0 Å². The SMILES string of the molecule is CCN(CC)CCCNCc1cc2ccc(F)cc2s1. The van der Waals surface area contributed by atoms with Crippen molar-refractivity contribution in [3.63, 3.8) is 0 Å². The molecule has 1 aromatic carbocycles. The van der Waals surface area contributed by atoms with Gasteiger partial charge < -0.3 is 10.2 Å². The molecule has 0 saturated heterocycles. The lowest BCUT2D eigenvalue weighted by atomic mass is 10.2. The predicted octanol–water partition coefficient (Wildman–Crippen LogP) is 3.86. The zero-order valence-corrected chi connectivity index (χ0v) is 13.1. The molecule has 0 atom stereocenters. The van der Waals surface area contributed by atoms with Crippen LogP contribution in [-0.4, -0.2) is 31.1 Å². The monoisotopic (exact) mass is 294 g/mol. The van der Waals surface area contributed by atoms with E-state index in [-0.39, 0.29) is 5.82 Å². The molecule has 2 nitrogen and oxygen atoms in total. The maximum atomic E-state index is 13.1. The van der Waals surface area contributed by atoms with Crippen molar-refractivity contribution in [3.05, 3.63) is 35.0 Å². The third-order valence-electron chi connectivity index (χ3n) is 3.55. The molecule has 0 spiro atoms. The van der Waals surface area contributed by atoms with Crippen LogP contribution in [-0.2, 0) is 6.54 Å². The maximum Gasteiger partial charge on any atom is 0.124 e. The molecule has 1 heterocycles. The molecular formula is C16H23FN2S. The third-order valence-corrected chi connectivity index (χ3v) is 4.65. The molecule has 0 unspecified atom stereocenters. The summed E-state index contributed by atoms with van der Waals surface area (Å²) in [5.74, 6) is -0.155. The molecule has 2 aromatic rings. The van der Waals surface area contributed by atoms with E-state index < -0.39 is 0 Å². The van der Waals surface area contributed by atoms with Crippen LogP contribution in [0.2, 0.25) is 0 Å². The van der Waals surface area contributed by atoms with Gasteiger partial charge in [0.25, 0.3) is 0 Å². The highest BCUT2D eigenvalue weighted by atomic mass is 32.1. The Morgan fingerprint density at radius 3 is 2.75 bits per heavy atom. The van der Waals surface area contributed by atoms with E-state index in [9.17, 15) is 4.39 Å². The van der Waals surface area contributed by atoms with Crippen molar-refractivity contribution in [1.82, 2.24) is 10.2 Å². The Morgan fingerprint density at radius 2 is 2.00 bits per heavy atom. The number of nitrogens with one attached hydrogen (secondary N) is 1. The van der Waals surface area contributed by atoms with Gasteiger partial charge in [-0.25, -0.2) is 4.39 Å². The van der Waals surface area contributed by atoms with Crippen molar-refractivity contribution in [1.29, 1.82) is 0 Å². The Morgan fingerprint density at radius 1 is 1.20 bits per heavy atom. The highest BCUT2D eigenvalue weighted by Crippen LogP contribution is 2.26. The molecule has 110 valence electrons. The van der Waals surface area contributed by atoms with Gasteiger partial charge in [-0.15, -0.1) is 11.3 Å². The van der Waals surface area contributed by atoms with E-state index in [0.29, 0.717) is 0 Å². The molecule has 0 radical (unpaired) electrons. The zero-order valence-electron chi connectivity index (χ0n) is 12.3. The Labute approximate surface area is 124 Å². The largest absolute Gasteiger partial charge is 0.312 e. The third kappa shape index (κ3) is 4.27. The number of benzene rings is 1. The Bertz CT molecular complexity index is 534. The van der Waals surface area contributed by atoms with E-state index >= 15 is 0 Å². The fourth-order valence-electron chi connectivity index (χ4n) is 2.33. The van der Waals surface area contributed by atoms with Crippen LogP contribution in [0.15, 0.2) is 24.3 Å². The fraction of sp³-hybridized carbons (Fsp3) is 0.500. The molecular weight excluding hydrogens is 271 g/mol. The average Bonchev–Trinajstić information content (AvgIpc) is 2.84. The summed E-state index contributed by atoms with van der Waals surface area (Å²) in [6.45, 7) is 9.70. The second-order valence-corrected chi connectivity index (χ2v) is 6.12. The van der Waals surface area contributed by atoms with Gasteiger partial charge in [-0.3, -0.25) is 0 Å². The summed E-state index contributed by atoms with van der Waals surface area (Å²) in [5, 5.41) is 4.61. The lowest BCUT2D eigenvalue weighted by Crippen LogP contribution is -2.27. The summed E-state index contributed by atoms with van der Waals surface area (Å²) in [6, 6.07) is 7.14. The van der Waals surface area contributed by atoms with Crippen molar-refractivity contribution in [2.45, 2.75) is 26.8 Å². The molecule has 4 heteroatoms. The highest BCUT2D eigenvalue weighted by molar-refractivity contribution is 7.19. The molecule has 2 rings (SSSR count). The van der Waals surface area contributed by atoms with Crippen LogP contribution in [0.4, 0.5) is 4.39 Å². The lowest BCUT2D eigenvalue weighted by molar-refractivity contribution is 0.298. The topological polar surface area (TPSA) is 15.3 Å². The average molecular weight is 294 g/mol. The number of nitrogens with zero attached hydrogens (tertiary/aromatic N) is 1. The minimum absolute atomic E-state index is 0.155. The van der Waals surface area contributed by atoms with Crippen LogP contribution in [0.1, 0.15) is 25.1 Å². The van der Waals surface area contributed by atoms with Crippen molar-refractivity contribution in [2.24, 2.45) is 0 Å². The second kappa shape index (κ2) is 7.72. The van der Waals surface area contributed by atoms with E-state index in [1.165, 1.54) is 17.4 Å². The minimum atomic E-state index is -0.155. The summed E-state index contributed by atoms with van der Waals surface area (Å²) in [4.78, 5) is 3.71. The molecule has 20 heavy (non-hydrogen) atoms. The van der Waals surface area contributed by atoms with E-state index in [0.717, 1.165) is 42.8 Å². The van der Waals surface area contributed by atoms with Gasteiger partial charge in [0.2, 0.25) is 0 Å². The van der Waals surface area contributed by atoms with Crippen LogP contribution in [0.3, 0.4) is 0 Å². The first-order chi connectivity index (χ1) is 9.72. The second-order valence-electron chi connectivity index (χ2n) is 4.95. The van der Waals surface area contributed by atoms with Gasteiger partial charge >= 0.3 is 0 Å². The molecule has 0 aliphatic heterocycles. The first-order valence-electron chi connectivity index (χ1n) is 7.34.